The lowest BCUT2D eigenvalue weighted by atomic mass is 10.2. The minimum Gasteiger partial charge on any atom is -0.444 e. The van der Waals surface area contributed by atoms with Crippen molar-refractivity contribution in [1.82, 2.24) is 5.32 Å². The molecular weight excluding hydrogens is 236 g/mol. The minimum absolute atomic E-state index is 0.0594. The largest absolute Gasteiger partial charge is 0.444 e. The zero-order valence-electron chi connectivity index (χ0n) is 10.00. The molecule has 0 aliphatic rings. The Balaban J connectivity index is 2.36. The van der Waals surface area contributed by atoms with Crippen LogP contribution in [-0.4, -0.2) is 29.3 Å². The minimum atomic E-state index is -1.16. The first-order valence-electron chi connectivity index (χ1n) is 5.46. The molecule has 0 unspecified atom stereocenters. The predicted octanol–water partition coefficient (Wildman–Crippen LogP) is 0.147. The number of nitrogens with one attached hydrogen (secondary N) is 1. The number of alkyl carbamates (subject to hydrolysis) is 1. The second-order valence-electron chi connectivity index (χ2n) is 3.82. The van der Waals surface area contributed by atoms with E-state index in [0.717, 1.165) is 5.56 Å². The van der Waals surface area contributed by atoms with Crippen LogP contribution in [0.5, 0.6) is 0 Å². The van der Waals surface area contributed by atoms with Crippen LogP contribution < -0.4 is 11.1 Å². The Morgan fingerprint density at radius 3 is 2.56 bits per heavy atom. The van der Waals surface area contributed by atoms with Crippen LogP contribution in [0.1, 0.15) is 12.5 Å². The van der Waals surface area contributed by atoms with E-state index in [2.05, 4.69) is 0 Å². The van der Waals surface area contributed by atoms with Crippen molar-refractivity contribution in [2.75, 3.05) is 0 Å². The molecule has 0 radical (unpaired) electrons. The number of imide groups is 1. The van der Waals surface area contributed by atoms with Crippen LogP contribution in [0.15, 0.2) is 30.3 Å². The average Bonchev–Trinajstić information content (AvgIpc) is 2.36. The molecule has 0 bridgehead atoms. The molecule has 0 fully saturated rings. The smallest absolute Gasteiger partial charge is 0.414 e. The molecule has 1 rings (SSSR count). The Kier molecular flexibility index (Phi) is 5.29. The van der Waals surface area contributed by atoms with Crippen molar-refractivity contribution in [3.63, 3.8) is 0 Å². The van der Waals surface area contributed by atoms with Gasteiger partial charge >= 0.3 is 6.09 Å². The first-order valence-corrected chi connectivity index (χ1v) is 5.46. The van der Waals surface area contributed by atoms with Gasteiger partial charge in [-0.3, -0.25) is 10.1 Å². The number of carbonyl (C=O) groups is 2. The van der Waals surface area contributed by atoms with Crippen LogP contribution in [-0.2, 0) is 16.1 Å². The molecular formula is C12H16N2O4. The molecule has 0 saturated heterocycles. The van der Waals surface area contributed by atoms with E-state index in [-0.39, 0.29) is 6.61 Å². The van der Waals surface area contributed by atoms with Crippen LogP contribution in [0, 0.1) is 0 Å². The van der Waals surface area contributed by atoms with Crippen molar-refractivity contribution in [3.05, 3.63) is 35.9 Å². The average molecular weight is 252 g/mol. The zero-order valence-corrected chi connectivity index (χ0v) is 10.00. The summed E-state index contributed by atoms with van der Waals surface area (Å²) in [6, 6.07) is 7.88. The van der Waals surface area contributed by atoms with Gasteiger partial charge in [-0.1, -0.05) is 30.3 Å². The molecule has 0 aromatic heterocycles. The number of nitrogens with two attached hydrogens (primary N) is 1. The summed E-state index contributed by atoms with van der Waals surface area (Å²) in [5, 5.41) is 11.0. The maximum atomic E-state index is 11.3. The summed E-state index contributed by atoms with van der Waals surface area (Å²) in [6.07, 6.45) is -1.92. The Hall–Kier alpha value is -1.92. The van der Waals surface area contributed by atoms with E-state index in [1.807, 2.05) is 23.5 Å². The van der Waals surface area contributed by atoms with Gasteiger partial charge in [-0.2, -0.15) is 0 Å². The summed E-state index contributed by atoms with van der Waals surface area (Å²) < 4.78 is 4.82. The highest BCUT2D eigenvalue weighted by atomic mass is 16.5. The molecule has 6 nitrogen and oxygen atoms in total. The van der Waals surface area contributed by atoms with E-state index in [1.54, 1.807) is 12.1 Å². The van der Waals surface area contributed by atoms with Crippen LogP contribution in [0.25, 0.3) is 0 Å². The van der Waals surface area contributed by atoms with Crippen molar-refractivity contribution in [1.29, 1.82) is 0 Å². The number of carbonyl (C=O) groups excluding carboxylic acids is 2. The summed E-state index contributed by atoms with van der Waals surface area (Å²) >= 11 is 0. The second-order valence-corrected chi connectivity index (χ2v) is 3.82. The van der Waals surface area contributed by atoms with E-state index >= 15 is 0 Å². The van der Waals surface area contributed by atoms with Gasteiger partial charge < -0.3 is 15.6 Å². The van der Waals surface area contributed by atoms with Gasteiger partial charge in [0.1, 0.15) is 12.6 Å². The second kappa shape index (κ2) is 6.73. The summed E-state index contributed by atoms with van der Waals surface area (Å²) in [7, 11) is 0. The number of aliphatic hydroxyl groups is 1. The number of hydrogen-bond acceptors (Lipinski definition) is 5. The van der Waals surface area contributed by atoms with Crippen LogP contribution in [0.4, 0.5) is 4.79 Å². The maximum absolute atomic E-state index is 11.3. The highest BCUT2D eigenvalue weighted by molar-refractivity contribution is 5.95. The molecule has 2 atom stereocenters. The number of benzene rings is 1. The Morgan fingerprint density at radius 1 is 1.39 bits per heavy atom. The van der Waals surface area contributed by atoms with E-state index in [0.29, 0.717) is 0 Å². The summed E-state index contributed by atoms with van der Waals surface area (Å²) in [4.78, 5) is 22.6. The highest BCUT2D eigenvalue weighted by Crippen LogP contribution is 2.00. The third-order valence-electron chi connectivity index (χ3n) is 2.26. The highest BCUT2D eigenvalue weighted by Gasteiger charge is 2.21. The SMILES string of the molecule is C[C@@H](O)[C@H](N)C(=O)NC(=O)OCc1ccccc1. The number of amides is 2. The van der Waals surface area contributed by atoms with Crippen molar-refractivity contribution in [2.45, 2.75) is 25.7 Å². The van der Waals surface area contributed by atoms with Gasteiger partial charge in [0.2, 0.25) is 5.91 Å². The normalized spacial score (nSPS) is 13.5. The molecule has 0 spiro atoms. The van der Waals surface area contributed by atoms with Crippen molar-refractivity contribution in [2.24, 2.45) is 5.73 Å². The first kappa shape index (κ1) is 14.1. The number of hydrogen-bond donors (Lipinski definition) is 3. The third kappa shape index (κ3) is 4.52. The van der Waals surface area contributed by atoms with Gasteiger partial charge in [-0.05, 0) is 12.5 Å². The van der Waals surface area contributed by atoms with Gasteiger partial charge in [0, 0.05) is 0 Å². The van der Waals surface area contributed by atoms with E-state index in [4.69, 9.17) is 15.6 Å². The van der Waals surface area contributed by atoms with Crippen molar-refractivity contribution >= 4 is 12.0 Å². The van der Waals surface area contributed by atoms with Crippen LogP contribution in [0.2, 0.25) is 0 Å². The Morgan fingerprint density at radius 2 is 2.00 bits per heavy atom. The fourth-order valence-electron chi connectivity index (χ4n) is 1.16. The van der Waals surface area contributed by atoms with Crippen LogP contribution in [0.3, 0.4) is 0 Å². The van der Waals surface area contributed by atoms with E-state index in [9.17, 15) is 9.59 Å². The molecule has 6 heteroatoms. The molecule has 0 aliphatic heterocycles. The van der Waals surface area contributed by atoms with Gasteiger partial charge in [-0.15, -0.1) is 0 Å². The third-order valence-corrected chi connectivity index (χ3v) is 2.26. The lowest BCUT2D eigenvalue weighted by Gasteiger charge is -2.13. The quantitative estimate of drug-likeness (QED) is 0.708. The van der Waals surface area contributed by atoms with Crippen LogP contribution >= 0.6 is 0 Å². The Bertz CT molecular complexity index is 406. The lowest BCUT2D eigenvalue weighted by molar-refractivity contribution is -0.123. The number of ether oxygens (including phenoxy) is 1. The van der Waals surface area contributed by atoms with E-state index < -0.39 is 24.1 Å². The van der Waals surface area contributed by atoms with E-state index in [1.165, 1.54) is 6.92 Å². The topological polar surface area (TPSA) is 102 Å². The molecule has 2 amide bonds. The molecule has 0 saturated carbocycles. The predicted molar refractivity (Wildman–Crippen MR) is 64.4 cm³/mol. The van der Waals surface area contributed by atoms with Gasteiger partial charge in [0.25, 0.3) is 0 Å². The van der Waals surface area contributed by atoms with Crippen molar-refractivity contribution in [3.8, 4) is 0 Å². The summed E-state index contributed by atoms with van der Waals surface area (Å²) in [5.41, 5.74) is 6.15. The fourth-order valence-corrected chi connectivity index (χ4v) is 1.16. The molecule has 1 aromatic carbocycles. The molecule has 18 heavy (non-hydrogen) atoms. The summed E-state index contributed by atoms with van der Waals surface area (Å²) in [6.45, 7) is 1.42. The Labute approximate surface area is 105 Å². The monoisotopic (exact) mass is 252 g/mol. The van der Waals surface area contributed by atoms with Gasteiger partial charge in [0.05, 0.1) is 6.10 Å². The van der Waals surface area contributed by atoms with Gasteiger partial charge in [0.15, 0.2) is 0 Å². The number of aliphatic hydroxyl groups excluding tert-OH is 1. The lowest BCUT2D eigenvalue weighted by Crippen LogP contribution is -2.49. The van der Waals surface area contributed by atoms with Gasteiger partial charge in [-0.25, -0.2) is 4.79 Å². The molecule has 1 aromatic rings. The fraction of sp³-hybridized carbons (Fsp3) is 0.333. The molecule has 0 aliphatic carbocycles. The summed E-state index contributed by atoms with van der Waals surface area (Å²) in [5.74, 6) is -0.775. The standard InChI is InChI=1S/C12H16N2O4/c1-8(15)10(13)11(16)14-12(17)18-7-9-5-3-2-4-6-9/h2-6,8,10,15H,7,13H2,1H3,(H,14,16,17)/t8-,10+/m1/s1. The molecule has 98 valence electrons. The molecule has 4 N–H and O–H groups in total. The maximum Gasteiger partial charge on any atom is 0.414 e. The first-order chi connectivity index (χ1) is 8.50. The zero-order chi connectivity index (χ0) is 13.5. The number of rotatable bonds is 4. The van der Waals surface area contributed by atoms with Crippen molar-refractivity contribution < 1.29 is 19.4 Å². The molecule has 0 heterocycles.